The van der Waals surface area contributed by atoms with E-state index in [9.17, 15) is 0 Å². The van der Waals surface area contributed by atoms with E-state index in [1.54, 1.807) is 0 Å². The van der Waals surface area contributed by atoms with Crippen LogP contribution in [0.5, 0.6) is 0 Å². The molecule has 0 unspecified atom stereocenters. The molecule has 728 valence electrons. The fourth-order valence-electron chi connectivity index (χ4n) is 18.5. The van der Waals surface area contributed by atoms with Crippen LogP contribution in [0, 0.1) is 83.1 Å². The van der Waals surface area contributed by atoms with Crippen molar-refractivity contribution in [2.45, 2.75) is 280 Å². The van der Waals surface area contributed by atoms with Gasteiger partial charge in [0.15, 0.2) is 0 Å². The van der Waals surface area contributed by atoms with Gasteiger partial charge in [0.1, 0.15) is 0 Å². The minimum Gasteiger partial charge on any atom is -0.143 e. The SMILES string of the molecule is Cc1cc(C)c(-c2cc3scc(C)c3s2)c(C)c1.Cc1ccc(-c2cc3scc(C)c3s2)c(C)c1.Cc1csc2cc(-c3c(C(C)C)cc(C(C)C)cc3C(C)C)sc12.Cc1csc2cc(-c3ccc(C(C)(C)C)cc3C(C)(C)C)sc12.Cc1csc2cc(-c3ccc(C(C)C)cc3C(C)C)sc12.Cc1csc2cc(-c3ccccc3C(C)(C)C)sc12.Cc1csc2cc(-c3ccccc3C(C)C)sc12. The van der Waals surface area contributed by atoms with Gasteiger partial charge >= 0.3 is 0 Å². The molecule has 0 aliphatic heterocycles. The van der Waals surface area contributed by atoms with Gasteiger partial charge in [-0.05, 0) is 360 Å². The second kappa shape index (κ2) is 44.2. The van der Waals surface area contributed by atoms with Gasteiger partial charge in [0.05, 0.1) is 0 Å². The molecule has 0 aliphatic carbocycles. The Hall–Kier alpha value is -7.84. The number of rotatable bonds is 13. The number of aryl methyl sites for hydroxylation is 12. The molecule has 14 heteroatoms. The molecule has 0 saturated heterocycles. The first kappa shape index (κ1) is 106. The Morgan fingerprint density at radius 3 is 0.843 bits per heavy atom. The third kappa shape index (κ3) is 23.8. The summed E-state index contributed by atoms with van der Waals surface area (Å²) in [4.78, 5) is 9.88. The lowest BCUT2D eigenvalue weighted by molar-refractivity contribution is 0.570. The van der Waals surface area contributed by atoms with Crippen molar-refractivity contribution in [2.24, 2.45) is 0 Å². The summed E-state index contributed by atoms with van der Waals surface area (Å²) < 4.78 is 20.1. The molecule has 0 radical (unpaired) electrons. The average molecular weight is 2100 g/mol. The minimum absolute atomic E-state index is 0.142. The van der Waals surface area contributed by atoms with Crippen LogP contribution in [0.1, 0.15) is 298 Å². The van der Waals surface area contributed by atoms with Gasteiger partial charge in [0, 0.05) is 99.9 Å². The third-order valence-corrected chi connectivity index (χ3v) is 43.6. The predicted octanol–water partition coefficient (Wildman–Crippen LogP) is 46.7. The maximum absolute atomic E-state index is 2.46. The zero-order valence-corrected chi connectivity index (χ0v) is 99.8. The Bertz CT molecular complexity index is 7850. The maximum atomic E-state index is 2.46. The van der Waals surface area contributed by atoms with Gasteiger partial charge < -0.3 is 0 Å². The molecular weight excluding hydrogens is 1960 g/mol. The highest BCUT2D eigenvalue weighted by atomic mass is 32.2. The van der Waals surface area contributed by atoms with Gasteiger partial charge in [-0.1, -0.05) is 284 Å². The number of hydrogen-bond acceptors (Lipinski definition) is 14. The second-order valence-electron chi connectivity index (χ2n) is 43.1. The van der Waals surface area contributed by atoms with Crippen molar-refractivity contribution >= 4 is 225 Å². The molecule has 14 aromatic heterocycles. The first-order valence-corrected chi connectivity index (χ1v) is 61.2. The molecule has 21 rings (SSSR count). The highest BCUT2D eigenvalue weighted by Crippen LogP contribution is 2.52. The highest BCUT2D eigenvalue weighted by Gasteiger charge is 2.28. The van der Waals surface area contributed by atoms with Crippen LogP contribution in [0.25, 0.3) is 139 Å². The van der Waals surface area contributed by atoms with Crippen molar-refractivity contribution in [1.29, 1.82) is 0 Å². The van der Waals surface area contributed by atoms with E-state index in [1.165, 1.54) is 256 Å². The van der Waals surface area contributed by atoms with Crippen molar-refractivity contribution in [3.05, 3.63) is 324 Å². The van der Waals surface area contributed by atoms with Crippen LogP contribution < -0.4 is 0 Å². The standard InChI is InChI=1S/C22H28S2.C21H26S2.C19H22S2.C17H18S2.2C16H16S2.C15H14S2/c1-12(2)16-8-17(13(3)4)21(18(9-16)14(5)6)19-10-20-22(24-19)15(7)11-23-20;1-13-12-22-18-11-17(23-19(13)18)15-9-8-14(20(2,3)4)10-16(15)21(5,6)7;1-11(2)14-6-7-15(16(8-14)12(3)4)17-9-18-19(21-17)13(5)10-20-18;1-11-10-18-15-9-14(19-16(11)15)12-7-5-6-8-13(12)17(2,3)4;1-9-5-10(2)15(11(3)6-9)13-7-14-16(18-13)12(4)8-17-14;1-10(2)12-6-4-5-7-13(12)14-8-15-16(18-14)11(3)9-17-15;1-9-4-5-12(10(2)6-9)13-7-14-15(17-13)11(3)8-16-14/h8-14H,1-7H3;8-12H,1-7H3;6-12H,1-5H3;5-10H,1-4H3;5-8H,1-4H3;4-10H,1-3H3;4-8H,1-3H3. The number of benzene rings is 7. The molecule has 0 saturated carbocycles. The lowest BCUT2D eigenvalue weighted by atomic mass is 9.78. The molecular formula is C126H140S14. The van der Waals surface area contributed by atoms with Crippen molar-refractivity contribution in [2.75, 3.05) is 0 Å². The summed E-state index contributed by atoms with van der Waals surface area (Å²) in [5.74, 6) is 3.37. The van der Waals surface area contributed by atoms with Gasteiger partial charge in [-0.3, -0.25) is 0 Å². The lowest BCUT2D eigenvalue weighted by Crippen LogP contribution is -2.17. The minimum atomic E-state index is 0.142. The third-order valence-electron chi connectivity index (χ3n) is 26.3. The van der Waals surface area contributed by atoms with E-state index in [2.05, 4.69) is 436 Å². The van der Waals surface area contributed by atoms with Gasteiger partial charge in [-0.2, -0.15) is 0 Å². The van der Waals surface area contributed by atoms with Crippen LogP contribution in [0.2, 0.25) is 0 Å². The average Bonchev–Trinajstić information content (AvgIpc) is 1.18. The summed E-state index contributed by atoms with van der Waals surface area (Å²) in [5.41, 5.74) is 40.3. The summed E-state index contributed by atoms with van der Waals surface area (Å²) in [6.07, 6.45) is 0. The second-order valence-corrected chi connectivity index (χ2v) is 56.9. The zero-order valence-electron chi connectivity index (χ0n) is 88.4. The van der Waals surface area contributed by atoms with E-state index in [4.69, 9.17) is 0 Å². The van der Waals surface area contributed by atoms with E-state index >= 15 is 0 Å². The Balaban J connectivity index is 0.000000124. The first-order valence-electron chi connectivity index (χ1n) is 49.3. The molecule has 0 bridgehead atoms. The Kier molecular flexibility index (Phi) is 33.6. The first-order chi connectivity index (χ1) is 66.2. The summed E-state index contributed by atoms with van der Waals surface area (Å²) in [7, 11) is 0. The number of fused-ring (bicyclic) bond motifs is 7. The van der Waals surface area contributed by atoms with Crippen LogP contribution in [0.15, 0.2) is 208 Å². The zero-order chi connectivity index (χ0) is 101. The summed E-state index contributed by atoms with van der Waals surface area (Å²) in [6.45, 7) is 74.7. The summed E-state index contributed by atoms with van der Waals surface area (Å²) in [6, 6.07) is 64.4. The quantitative estimate of drug-likeness (QED) is 0.108. The van der Waals surface area contributed by atoms with Crippen molar-refractivity contribution in [3.8, 4) is 73.1 Å². The van der Waals surface area contributed by atoms with Gasteiger partial charge in [0.25, 0.3) is 0 Å². The molecule has 140 heavy (non-hydrogen) atoms. The monoisotopic (exact) mass is 2100 g/mol. The fourth-order valence-corrected chi connectivity index (χ4v) is 35.2. The van der Waals surface area contributed by atoms with Crippen molar-refractivity contribution < 1.29 is 0 Å². The van der Waals surface area contributed by atoms with Crippen molar-refractivity contribution in [3.63, 3.8) is 0 Å². The Morgan fingerprint density at radius 2 is 0.493 bits per heavy atom. The van der Waals surface area contributed by atoms with Gasteiger partial charge in [-0.15, -0.1) is 159 Å². The fraction of sp³-hybridized carbons (Fsp3) is 0.333. The summed E-state index contributed by atoms with van der Waals surface area (Å²) in [5, 5.41) is 15.8. The molecule has 0 spiro atoms. The molecule has 21 aromatic rings. The lowest BCUT2D eigenvalue weighted by Gasteiger charge is -2.27. The van der Waals surface area contributed by atoms with E-state index in [-0.39, 0.29) is 16.2 Å². The topological polar surface area (TPSA) is 0 Å². The molecule has 0 amide bonds. The van der Waals surface area contributed by atoms with Gasteiger partial charge in [-0.25, -0.2) is 0 Å². The van der Waals surface area contributed by atoms with E-state index in [0.717, 1.165) is 0 Å². The molecule has 0 atom stereocenters. The molecule has 0 fully saturated rings. The molecule has 0 N–H and O–H groups in total. The van der Waals surface area contributed by atoms with Crippen LogP contribution >= 0.6 is 159 Å². The Labute approximate surface area is 892 Å². The van der Waals surface area contributed by atoms with E-state index in [1.807, 2.05) is 159 Å². The molecule has 0 nitrogen and oxygen atoms in total. The van der Waals surface area contributed by atoms with E-state index in [0.29, 0.717) is 35.5 Å². The highest BCUT2D eigenvalue weighted by molar-refractivity contribution is 7.32. The van der Waals surface area contributed by atoms with Crippen LogP contribution in [-0.2, 0) is 16.2 Å². The normalized spacial score (nSPS) is 12.0. The van der Waals surface area contributed by atoms with E-state index < -0.39 is 0 Å². The molecule has 7 aromatic carbocycles. The van der Waals surface area contributed by atoms with Gasteiger partial charge in [0.2, 0.25) is 0 Å². The predicted molar refractivity (Wildman–Crippen MR) is 653 cm³/mol. The smallest absolute Gasteiger partial charge is 0.0486 e. The number of hydrogen-bond donors (Lipinski definition) is 0. The van der Waals surface area contributed by atoms with Crippen LogP contribution in [0.3, 0.4) is 0 Å². The molecule has 0 aliphatic rings. The maximum Gasteiger partial charge on any atom is 0.0486 e. The summed E-state index contributed by atoms with van der Waals surface area (Å²) >= 11 is 26.6. The van der Waals surface area contributed by atoms with Crippen molar-refractivity contribution in [1.82, 2.24) is 0 Å². The van der Waals surface area contributed by atoms with Crippen LogP contribution in [0.4, 0.5) is 0 Å². The Morgan fingerprint density at radius 1 is 0.200 bits per heavy atom. The van der Waals surface area contributed by atoms with Crippen LogP contribution in [-0.4, -0.2) is 0 Å². The largest absolute Gasteiger partial charge is 0.143 e. The molecule has 14 heterocycles. The number of thiophene rings is 14.